The third kappa shape index (κ3) is 5.09. The number of piperidine rings is 1. The largest absolute Gasteiger partial charge is 0.368 e. The number of hydrogen-bond acceptors (Lipinski definition) is 4. The summed E-state index contributed by atoms with van der Waals surface area (Å²) in [6.07, 6.45) is 2.26. The van der Waals surface area contributed by atoms with Crippen molar-refractivity contribution >= 4 is 24.0 Å². The van der Waals surface area contributed by atoms with Gasteiger partial charge in [-0.25, -0.2) is 0 Å². The van der Waals surface area contributed by atoms with E-state index in [1.807, 2.05) is 4.90 Å². The summed E-state index contributed by atoms with van der Waals surface area (Å²) in [6.45, 7) is 9.89. The van der Waals surface area contributed by atoms with Crippen molar-refractivity contribution < 1.29 is 9.53 Å². The lowest BCUT2D eigenvalue weighted by molar-refractivity contribution is -0.139. The maximum atomic E-state index is 12.4. The molecule has 0 spiro atoms. The molecule has 2 aliphatic heterocycles. The zero-order chi connectivity index (χ0) is 16.9. The van der Waals surface area contributed by atoms with Crippen LogP contribution in [0.25, 0.3) is 0 Å². The van der Waals surface area contributed by atoms with Gasteiger partial charge in [-0.05, 0) is 57.0 Å². The van der Waals surface area contributed by atoms with Gasteiger partial charge in [0.15, 0.2) is 0 Å². The second kappa shape index (κ2) is 9.41. The summed E-state index contributed by atoms with van der Waals surface area (Å²) in [6, 6.07) is 6.44. The molecule has 25 heavy (non-hydrogen) atoms. The van der Waals surface area contributed by atoms with E-state index >= 15 is 0 Å². The summed E-state index contributed by atoms with van der Waals surface area (Å²) < 4.78 is 5.80. The van der Waals surface area contributed by atoms with Crippen LogP contribution >= 0.6 is 12.4 Å². The Morgan fingerprint density at radius 3 is 2.52 bits per heavy atom. The molecule has 0 saturated carbocycles. The van der Waals surface area contributed by atoms with Gasteiger partial charge in [0, 0.05) is 31.9 Å². The van der Waals surface area contributed by atoms with Gasteiger partial charge < -0.3 is 19.9 Å². The summed E-state index contributed by atoms with van der Waals surface area (Å²) in [5, 5.41) is 3.31. The predicted octanol–water partition coefficient (Wildman–Crippen LogP) is 2.14. The fourth-order valence-electron chi connectivity index (χ4n) is 3.52. The van der Waals surface area contributed by atoms with Crippen molar-refractivity contribution in [2.75, 3.05) is 50.8 Å². The van der Waals surface area contributed by atoms with E-state index in [4.69, 9.17) is 4.74 Å². The minimum Gasteiger partial charge on any atom is -0.368 e. The van der Waals surface area contributed by atoms with Gasteiger partial charge in [0.25, 0.3) is 0 Å². The Morgan fingerprint density at radius 1 is 1.16 bits per heavy atom. The number of anilines is 1. The van der Waals surface area contributed by atoms with Crippen LogP contribution in [0.4, 0.5) is 5.69 Å². The van der Waals surface area contributed by atoms with Crippen molar-refractivity contribution in [1.29, 1.82) is 0 Å². The van der Waals surface area contributed by atoms with E-state index in [9.17, 15) is 4.79 Å². The van der Waals surface area contributed by atoms with Crippen LogP contribution in [0.3, 0.4) is 0 Å². The number of carbonyl (C=O) groups excluding carboxylic acids is 1. The third-order valence-corrected chi connectivity index (χ3v) is 5.28. The molecule has 0 unspecified atom stereocenters. The summed E-state index contributed by atoms with van der Waals surface area (Å²) in [4.78, 5) is 16.7. The Kier molecular flexibility index (Phi) is 7.54. The maximum Gasteiger partial charge on any atom is 0.248 e. The van der Waals surface area contributed by atoms with Gasteiger partial charge in [0.1, 0.15) is 6.61 Å². The van der Waals surface area contributed by atoms with Crippen LogP contribution in [0.15, 0.2) is 18.2 Å². The number of carbonyl (C=O) groups is 1. The number of nitrogens with zero attached hydrogens (tertiary/aromatic N) is 2. The smallest absolute Gasteiger partial charge is 0.248 e. The van der Waals surface area contributed by atoms with Gasteiger partial charge in [0.05, 0.1) is 6.10 Å². The SMILES string of the molecule is Cc1cccc(N2CCN(C(=O)COC3CCNCC3)CC2)c1C.Cl. The summed E-state index contributed by atoms with van der Waals surface area (Å²) >= 11 is 0. The van der Waals surface area contributed by atoms with Gasteiger partial charge >= 0.3 is 0 Å². The number of halogens is 1. The molecular weight excluding hydrogens is 338 g/mol. The molecule has 2 heterocycles. The molecule has 1 N–H and O–H groups in total. The van der Waals surface area contributed by atoms with Crippen LogP contribution in [-0.4, -0.2) is 62.8 Å². The topological polar surface area (TPSA) is 44.8 Å². The summed E-state index contributed by atoms with van der Waals surface area (Å²) in [7, 11) is 0. The van der Waals surface area contributed by atoms with Crippen molar-refractivity contribution in [2.45, 2.75) is 32.8 Å². The molecule has 3 rings (SSSR count). The highest BCUT2D eigenvalue weighted by molar-refractivity contribution is 5.85. The van der Waals surface area contributed by atoms with Crippen molar-refractivity contribution in [3.05, 3.63) is 29.3 Å². The second-order valence-corrected chi connectivity index (χ2v) is 6.85. The van der Waals surface area contributed by atoms with Crippen LogP contribution < -0.4 is 10.2 Å². The highest BCUT2D eigenvalue weighted by atomic mass is 35.5. The molecule has 0 radical (unpaired) electrons. The standard InChI is InChI=1S/C19H29N3O2.ClH/c1-15-4-3-5-18(16(15)2)21-10-12-22(13-11-21)19(23)14-24-17-6-8-20-9-7-17;/h3-5,17,20H,6-14H2,1-2H3;1H. The molecule has 2 fully saturated rings. The first kappa shape index (κ1) is 20.0. The molecule has 0 atom stereocenters. The van der Waals surface area contributed by atoms with Crippen LogP contribution in [-0.2, 0) is 9.53 Å². The normalized spacial score (nSPS) is 18.8. The molecule has 2 aliphatic rings. The monoisotopic (exact) mass is 367 g/mol. The first-order chi connectivity index (χ1) is 11.6. The Labute approximate surface area is 157 Å². The zero-order valence-corrected chi connectivity index (χ0v) is 16.1. The van der Waals surface area contributed by atoms with Gasteiger partial charge in [-0.15, -0.1) is 12.4 Å². The number of amides is 1. The highest BCUT2D eigenvalue weighted by Gasteiger charge is 2.23. The number of aryl methyl sites for hydroxylation is 1. The van der Waals surface area contributed by atoms with Gasteiger partial charge in [-0.1, -0.05) is 12.1 Å². The van der Waals surface area contributed by atoms with Crippen molar-refractivity contribution in [3.8, 4) is 0 Å². The minimum atomic E-state index is 0. The Hall–Kier alpha value is -1.30. The molecule has 140 valence electrons. The number of ether oxygens (including phenoxy) is 1. The Morgan fingerprint density at radius 2 is 1.84 bits per heavy atom. The number of rotatable bonds is 4. The predicted molar refractivity (Wildman–Crippen MR) is 104 cm³/mol. The van der Waals surface area contributed by atoms with E-state index in [0.717, 1.165) is 52.1 Å². The fraction of sp³-hybridized carbons (Fsp3) is 0.632. The highest BCUT2D eigenvalue weighted by Crippen LogP contribution is 2.23. The van der Waals surface area contributed by atoms with Crippen LogP contribution in [0.1, 0.15) is 24.0 Å². The molecule has 1 amide bonds. The number of benzene rings is 1. The van der Waals surface area contributed by atoms with Crippen molar-refractivity contribution in [3.63, 3.8) is 0 Å². The molecule has 1 aromatic rings. The third-order valence-electron chi connectivity index (χ3n) is 5.28. The molecule has 2 saturated heterocycles. The van der Waals surface area contributed by atoms with Crippen LogP contribution in [0, 0.1) is 13.8 Å². The second-order valence-electron chi connectivity index (χ2n) is 6.85. The van der Waals surface area contributed by atoms with E-state index in [2.05, 4.69) is 42.3 Å². The summed E-state index contributed by atoms with van der Waals surface area (Å²) in [5.74, 6) is 0.133. The number of hydrogen-bond donors (Lipinski definition) is 1. The number of nitrogens with one attached hydrogen (secondary N) is 1. The van der Waals surface area contributed by atoms with E-state index in [1.54, 1.807) is 0 Å². The first-order valence-electron chi connectivity index (χ1n) is 9.06. The Bertz CT molecular complexity index is 568. The zero-order valence-electron chi connectivity index (χ0n) is 15.3. The molecule has 1 aromatic carbocycles. The van der Waals surface area contributed by atoms with Gasteiger partial charge in [-0.3, -0.25) is 4.79 Å². The lowest BCUT2D eigenvalue weighted by Crippen LogP contribution is -2.50. The van der Waals surface area contributed by atoms with E-state index in [1.165, 1.54) is 16.8 Å². The molecule has 6 heteroatoms. The fourth-order valence-corrected chi connectivity index (χ4v) is 3.52. The lowest BCUT2D eigenvalue weighted by atomic mass is 10.1. The van der Waals surface area contributed by atoms with E-state index < -0.39 is 0 Å². The molecule has 5 nitrogen and oxygen atoms in total. The quantitative estimate of drug-likeness (QED) is 0.885. The molecule has 0 aromatic heterocycles. The van der Waals surface area contributed by atoms with Crippen LogP contribution in [0.5, 0.6) is 0 Å². The lowest BCUT2D eigenvalue weighted by Gasteiger charge is -2.37. The Balaban J connectivity index is 0.00000225. The first-order valence-corrected chi connectivity index (χ1v) is 9.06. The van der Waals surface area contributed by atoms with E-state index in [-0.39, 0.29) is 31.0 Å². The molecule has 0 bridgehead atoms. The average molecular weight is 368 g/mol. The maximum absolute atomic E-state index is 12.4. The molecular formula is C19H30ClN3O2. The number of piperazine rings is 1. The van der Waals surface area contributed by atoms with Crippen molar-refractivity contribution in [2.24, 2.45) is 0 Å². The van der Waals surface area contributed by atoms with E-state index in [0.29, 0.717) is 0 Å². The average Bonchev–Trinajstić information content (AvgIpc) is 2.63. The van der Waals surface area contributed by atoms with Crippen LogP contribution in [0.2, 0.25) is 0 Å². The van der Waals surface area contributed by atoms with Crippen molar-refractivity contribution in [1.82, 2.24) is 10.2 Å². The van der Waals surface area contributed by atoms with Gasteiger partial charge in [-0.2, -0.15) is 0 Å². The minimum absolute atomic E-state index is 0. The molecule has 0 aliphatic carbocycles. The summed E-state index contributed by atoms with van der Waals surface area (Å²) in [5.41, 5.74) is 3.96. The van der Waals surface area contributed by atoms with Gasteiger partial charge in [0.2, 0.25) is 5.91 Å².